The molecule has 120 valence electrons. The molecule has 1 heterocycles. The van der Waals surface area contributed by atoms with E-state index in [2.05, 4.69) is 21.9 Å². The molecule has 2 N–H and O–H groups in total. The van der Waals surface area contributed by atoms with Gasteiger partial charge in [0.25, 0.3) is 0 Å². The lowest BCUT2D eigenvalue weighted by atomic mass is 10.2. The van der Waals surface area contributed by atoms with Crippen LogP contribution < -0.4 is 10.0 Å². The maximum absolute atomic E-state index is 12.4. The number of nitrogens with zero attached hydrogens (tertiary/aromatic N) is 1. The number of pyridine rings is 1. The number of nitrogens with one attached hydrogen (secondary N) is 2. The first kappa shape index (κ1) is 16.9. The first-order chi connectivity index (χ1) is 10.5. The molecule has 0 spiro atoms. The molecular formula is C16H23N3O2S. The van der Waals surface area contributed by atoms with Crippen LogP contribution in [-0.4, -0.2) is 32.5 Å². The van der Waals surface area contributed by atoms with E-state index in [0.717, 1.165) is 36.7 Å². The molecule has 0 radical (unpaired) electrons. The number of benzene rings is 1. The van der Waals surface area contributed by atoms with Gasteiger partial charge in [-0.1, -0.05) is 13.0 Å². The van der Waals surface area contributed by atoms with Crippen molar-refractivity contribution in [3.63, 3.8) is 0 Å². The predicted molar refractivity (Wildman–Crippen MR) is 89.3 cm³/mol. The second kappa shape index (κ2) is 7.67. The summed E-state index contributed by atoms with van der Waals surface area (Å²) in [6.07, 6.45) is 5.22. The van der Waals surface area contributed by atoms with Gasteiger partial charge in [-0.05, 0) is 56.4 Å². The molecule has 0 unspecified atom stereocenters. The van der Waals surface area contributed by atoms with Crippen LogP contribution in [0, 0.1) is 0 Å². The highest BCUT2D eigenvalue weighted by Crippen LogP contribution is 2.18. The number of hydrogen-bond donors (Lipinski definition) is 2. The molecule has 0 saturated carbocycles. The summed E-state index contributed by atoms with van der Waals surface area (Å²) in [6.45, 7) is 5.75. The minimum absolute atomic E-state index is 0.109. The summed E-state index contributed by atoms with van der Waals surface area (Å²) in [7, 11) is -3.49. The molecule has 0 bridgehead atoms. The zero-order chi connectivity index (χ0) is 16.0. The summed E-state index contributed by atoms with van der Waals surface area (Å²) in [6, 6.07) is 6.79. The van der Waals surface area contributed by atoms with E-state index in [9.17, 15) is 8.42 Å². The topological polar surface area (TPSA) is 71.1 Å². The Kier molecular flexibility index (Phi) is 5.88. The molecule has 6 heteroatoms. The molecule has 1 aromatic heterocycles. The van der Waals surface area contributed by atoms with Crippen LogP contribution in [0.5, 0.6) is 0 Å². The van der Waals surface area contributed by atoms with Gasteiger partial charge >= 0.3 is 0 Å². The van der Waals surface area contributed by atoms with Crippen LogP contribution in [0.15, 0.2) is 41.6 Å². The molecule has 2 aromatic rings. The molecule has 0 fully saturated rings. The molecule has 1 atom stereocenters. The highest BCUT2D eigenvalue weighted by Gasteiger charge is 2.17. The average Bonchev–Trinajstić information content (AvgIpc) is 2.50. The van der Waals surface area contributed by atoms with Crippen LogP contribution in [-0.2, 0) is 10.0 Å². The summed E-state index contributed by atoms with van der Waals surface area (Å²) in [5.41, 5.74) is 0. The Bertz CT molecular complexity index is 716. The zero-order valence-electron chi connectivity index (χ0n) is 13.0. The molecule has 0 saturated heterocycles. The van der Waals surface area contributed by atoms with E-state index in [-0.39, 0.29) is 6.04 Å². The highest BCUT2D eigenvalue weighted by molar-refractivity contribution is 7.89. The van der Waals surface area contributed by atoms with Gasteiger partial charge < -0.3 is 5.32 Å². The Hall–Kier alpha value is -1.50. The Morgan fingerprint density at radius 3 is 2.77 bits per heavy atom. The molecule has 2 rings (SSSR count). The fraction of sp³-hybridized carbons (Fsp3) is 0.438. The van der Waals surface area contributed by atoms with Crippen molar-refractivity contribution >= 4 is 20.8 Å². The fourth-order valence-electron chi connectivity index (χ4n) is 2.24. The van der Waals surface area contributed by atoms with E-state index in [1.165, 1.54) is 0 Å². The second-order valence-corrected chi connectivity index (χ2v) is 7.16. The van der Waals surface area contributed by atoms with E-state index < -0.39 is 10.0 Å². The van der Waals surface area contributed by atoms with Crippen molar-refractivity contribution in [3.05, 3.63) is 36.7 Å². The summed E-state index contributed by atoms with van der Waals surface area (Å²) in [5.74, 6) is 0. The minimum atomic E-state index is -3.49. The van der Waals surface area contributed by atoms with Crippen LogP contribution in [0.2, 0.25) is 0 Å². The molecule has 0 aliphatic rings. The SMILES string of the molecule is CCCNCC[C@@H](C)NS(=O)(=O)c1ccc2cnccc2c1. The molecule has 22 heavy (non-hydrogen) atoms. The van der Waals surface area contributed by atoms with Gasteiger partial charge in [0.05, 0.1) is 4.90 Å². The van der Waals surface area contributed by atoms with Crippen molar-refractivity contribution in [1.29, 1.82) is 0 Å². The lowest BCUT2D eigenvalue weighted by Gasteiger charge is -2.15. The van der Waals surface area contributed by atoms with Gasteiger partial charge in [-0.2, -0.15) is 0 Å². The molecule has 0 amide bonds. The third kappa shape index (κ3) is 4.50. The number of rotatable bonds is 8. The van der Waals surface area contributed by atoms with Crippen LogP contribution in [0.3, 0.4) is 0 Å². The average molecular weight is 321 g/mol. The Morgan fingerprint density at radius 2 is 2.00 bits per heavy atom. The quantitative estimate of drug-likeness (QED) is 0.732. The van der Waals surface area contributed by atoms with E-state index >= 15 is 0 Å². The van der Waals surface area contributed by atoms with Gasteiger partial charge in [-0.15, -0.1) is 0 Å². The smallest absolute Gasteiger partial charge is 0.240 e. The van der Waals surface area contributed by atoms with Crippen LogP contribution in [0.25, 0.3) is 10.8 Å². The number of hydrogen-bond acceptors (Lipinski definition) is 4. The summed E-state index contributed by atoms with van der Waals surface area (Å²) in [4.78, 5) is 4.32. The second-order valence-electron chi connectivity index (χ2n) is 5.45. The van der Waals surface area contributed by atoms with Crippen molar-refractivity contribution < 1.29 is 8.42 Å². The maximum atomic E-state index is 12.4. The summed E-state index contributed by atoms with van der Waals surface area (Å²) >= 11 is 0. The first-order valence-electron chi connectivity index (χ1n) is 7.60. The summed E-state index contributed by atoms with van der Waals surface area (Å²) < 4.78 is 27.6. The van der Waals surface area contributed by atoms with Crippen molar-refractivity contribution in [2.45, 2.75) is 37.6 Å². The number of fused-ring (bicyclic) bond motifs is 1. The molecule has 0 aliphatic heterocycles. The number of aromatic nitrogens is 1. The standard InChI is InChI=1S/C16H23N3O2S/c1-3-8-17-9-6-13(2)19-22(20,21)16-5-4-15-12-18-10-7-14(15)11-16/h4-5,7,10-13,17,19H,3,6,8-9H2,1-2H3/t13-/m1/s1. The number of sulfonamides is 1. The van der Waals surface area contributed by atoms with E-state index in [4.69, 9.17) is 0 Å². The van der Waals surface area contributed by atoms with Gasteiger partial charge in [0.2, 0.25) is 10.0 Å². The van der Waals surface area contributed by atoms with Crippen LogP contribution in [0.4, 0.5) is 0 Å². The normalized spacial score (nSPS) is 13.4. The van der Waals surface area contributed by atoms with E-state index in [1.807, 2.05) is 13.0 Å². The fourth-order valence-corrected chi connectivity index (χ4v) is 3.55. The lowest BCUT2D eigenvalue weighted by Crippen LogP contribution is -2.35. The monoisotopic (exact) mass is 321 g/mol. The zero-order valence-corrected chi connectivity index (χ0v) is 13.9. The van der Waals surface area contributed by atoms with E-state index in [1.54, 1.807) is 30.6 Å². The maximum Gasteiger partial charge on any atom is 0.240 e. The van der Waals surface area contributed by atoms with Crippen molar-refractivity contribution in [1.82, 2.24) is 15.0 Å². The van der Waals surface area contributed by atoms with Gasteiger partial charge in [-0.25, -0.2) is 13.1 Å². The van der Waals surface area contributed by atoms with Gasteiger partial charge in [-0.3, -0.25) is 4.98 Å². The lowest BCUT2D eigenvalue weighted by molar-refractivity contribution is 0.529. The molecule has 5 nitrogen and oxygen atoms in total. The predicted octanol–water partition coefficient (Wildman–Crippen LogP) is 2.29. The Balaban J connectivity index is 2.05. The van der Waals surface area contributed by atoms with Crippen LogP contribution in [0.1, 0.15) is 26.7 Å². The first-order valence-corrected chi connectivity index (χ1v) is 9.08. The van der Waals surface area contributed by atoms with Crippen molar-refractivity contribution in [2.75, 3.05) is 13.1 Å². The van der Waals surface area contributed by atoms with Crippen molar-refractivity contribution in [2.24, 2.45) is 0 Å². The Labute approximate surface area is 132 Å². The Morgan fingerprint density at radius 1 is 1.18 bits per heavy atom. The molecule has 0 aliphatic carbocycles. The third-order valence-electron chi connectivity index (χ3n) is 3.46. The summed E-state index contributed by atoms with van der Waals surface area (Å²) in [5, 5.41) is 5.07. The largest absolute Gasteiger partial charge is 0.317 e. The highest BCUT2D eigenvalue weighted by atomic mass is 32.2. The minimum Gasteiger partial charge on any atom is -0.317 e. The van der Waals surface area contributed by atoms with Crippen molar-refractivity contribution in [3.8, 4) is 0 Å². The van der Waals surface area contributed by atoms with E-state index in [0.29, 0.717) is 4.90 Å². The van der Waals surface area contributed by atoms with Gasteiger partial charge in [0, 0.05) is 23.8 Å². The third-order valence-corrected chi connectivity index (χ3v) is 5.05. The van der Waals surface area contributed by atoms with Gasteiger partial charge in [0.15, 0.2) is 0 Å². The molecule has 1 aromatic carbocycles. The van der Waals surface area contributed by atoms with Gasteiger partial charge in [0.1, 0.15) is 0 Å². The molecular weight excluding hydrogens is 298 g/mol. The van der Waals surface area contributed by atoms with Crippen LogP contribution >= 0.6 is 0 Å².